The third-order valence-electron chi connectivity index (χ3n) is 5.05. The second-order valence-corrected chi connectivity index (χ2v) is 11.0. The summed E-state index contributed by atoms with van der Waals surface area (Å²) in [7, 11) is -5.69. The van der Waals surface area contributed by atoms with Gasteiger partial charge in [-0.25, -0.2) is 21.8 Å². The van der Waals surface area contributed by atoms with E-state index in [0.717, 1.165) is 5.56 Å². The lowest BCUT2D eigenvalue weighted by molar-refractivity contribution is 0.403. The first kappa shape index (κ1) is 21.0. The second-order valence-electron chi connectivity index (χ2n) is 7.17. The zero-order chi connectivity index (χ0) is 20.7. The molecule has 0 saturated carbocycles. The van der Waals surface area contributed by atoms with Gasteiger partial charge in [0.25, 0.3) is 10.0 Å². The average molecular weight is 427 g/mol. The standard InChI is InChI=1S/C18H26N4O4S2/c1-14-6-7-17(15(2)12-14)27(23,24)21-8-5-9-22(11-10-21)28(25,26)18-13-20(4)16(3)19-18/h6-7,12-13H,5,8-11H2,1-4H3. The molecule has 3 rings (SSSR count). The summed E-state index contributed by atoms with van der Waals surface area (Å²) in [6, 6.07) is 5.23. The number of hydrogen-bond donors (Lipinski definition) is 0. The van der Waals surface area contributed by atoms with Gasteiger partial charge in [-0.1, -0.05) is 17.7 Å². The highest BCUT2D eigenvalue weighted by Gasteiger charge is 2.33. The monoisotopic (exact) mass is 426 g/mol. The molecule has 0 amide bonds. The smallest absolute Gasteiger partial charge is 0.262 e. The number of aryl methyl sites for hydroxylation is 4. The van der Waals surface area contributed by atoms with Gasteiger partial charge in [0.15, 0.2) is 5.03 Å². The van der Waals surface area contributed by atoms with Gasteiger partial charge in [0.05, 0.1) is 4.90 Å². The Morgan fingerprint density at radius 2 is 1.50 bits per heavy atom. The van der Waals surface area contributed by atoms with Gasteiger partial charge in [0, 0.05) is 39.4 Å². The second kappa shape index (κ2) is 7.58. The lowest BCUT2D eigenvalue weighted by Crippen LogP contribution is -2.37. The Morgan fingerprint density at radius 1 is 0.893 bits per heavy atom. The Hall–Kier alpha value is -1.75. The van der Waals surface area contributed by atoms with Gasteiger partial charge in [-0.2, -0.15) is 8.61 Å². The summed E-state index contributed by atoms with van der Waals surface area (Å²) in [5.74, 6) is 0.604. The maximum atomic E-state index is 13.1. The van der Waals surface area contributed by atoms with Gasteiger partial charge in [-0.05, 0) is 38.8 Å². The van der Waals surface area contributed by atoms with Gasteiger partial charge in [0.1, 0.15) is 5.82 Å². The molecule has 0 unspecified atom stereocenters. The highest BCUT2D eigenvalue weighted by molar-refractivity contribution is 7.89. The molecule has 154 valence electrons. The van der Waals surface area contributed by atoms with Gasteiger partial charge >= 0.3 is 0 Å². The van der Waals surface area contributed by atoms with E-state index in [2.05, 4.69) is 4.98 Å². The molecule has 0 spiro atoms. The molecule has 1 aliphatic rings. The third kappa shape index (κ3) is 3.86. The van der Waals surface area contributed by atoms with E-state index in [-0.39, 0.29) is 36.1 Å². The van der Waals surface area contributed by atoms with E-state index in [1.807, 2.05) is 13.0 Å². The number of sulfonamides is 2. The van der Waals surface area contributed by atoms with Crippen molar-refractivity contribution in [3.05, 3.63) is 41.3 Å². The van der Waals surface area contributed by atoms with Crippen LogP contribution in [0.15, 0.2) is 34.3 Å². The predicted octanol–water partition coefficient (Wildman–Crippen LogP) is 1.43. The number of imidazole rings is 1. The predicted molar refractivity (Wildman–Crippen MR) is 106 cm³/mol. The Labute approximate surface area is 166 Å². The fraction of sp³-hybridized carbons (Fsp3) is 0.500. The molecular formula is C18H26N4O4S2. The summed E-state index contributed by atoms with van der Waals surface area (Å²) in [5.41, 5.74) is 1.69. The number of nitrogens with zero attached hydrogens (tertiary/aromatic N) is 4. The van der Waals surface area contributed by atoms with Crippen LogP contribution < -0.4 is 0 Å². The Kier molecular flexibility index (Phi) is 5.68. The van der Waals surface area contributed by atoms with Crippen molar-refractivity contribution in [1.82, 2.24) is 18.2 Å². The molecule has 2 heterocycles. The first-order valence-electron chi connectivity index (χ1n) is 9.11. The first-order valence-corrected chi connectivity index (χ1v) is 12.0. The molecule has 0 N–H and O–H groups in total. The van der Waals surface area contributed by atoms with Crippen LogP contribution in [0, 0.1) is 20.8 Å². The summed E-state index contributed by atoms with van der Waals surface area (Å²) in [4.78, 5) is 4.40. The van der Waals surface area contributed by atoms with Crippen molar-refractivity contribution in [3.63, 3.8) is 0 Å². The number of rotatable bonds is 4. The maximum Gasteiger partial charge on any atom is 0.262 e. The van der Waals surface area contributed by atoms with Crippen LogP contribution in [0.2, 0.25) is 0 Å². The SMILES string of the molecule is Cc1ccc(S(=O)(=O)N2CCCN(S(=O)(=O)c3cn(C)c(C)n3)CC2)c(C)c1. The fourth-order valence-corrected chi connectivity index (χ4v) is 6.53. The van der Waals surface area contributed by atoms with Crippen LogP contribution in [0.5, 0.6) is 0 Å². The molecule has 1 aromatic heterocycles. The molecule has 0 bridgehead atoms. The Balaban J connectivity index is 1.83. The van der Waals surface area contributed by atoms with Gasteiger partial charge in [-0.15, -0.1) is 0 Å². The third-order valence-corrected chi connectivity index (χ3v) is 8.88. The molecule has 10 heteroatoms. The van der Waals surface area contributed by atoms with E-state index in [1.165, 1.54) is 14.8 Å². The van der Waals surface area contributed by atoms with Gasteiger partial charge in [0.2, 0.25) is 10.0 Å². The zero-order valence-corrected chi connectivity index (χ0v) is 18.2. The van der Waals surface area contributed by atoms with E-state index in [1.54, 1.807) is 37.6 Å². The van der Waals surface area contributed by atoms with E-state index in [9.17, 15) is 16.8 Å². The normalized spacial score (nSPS) is 17.6. The Bertz CT molecular complexity index is 1070. The Morgan fingerprint density at radius 3 is 2.04 bits per heavy atom. The minimum Gasteiger partial charge on any atom is -0.337 e. The van der Waals surface area contributed by atoms with Crippen LogP contribution in [-0.2, 0) is 27.1 Å². The summed E-state index contributed by atoms with van der Waals surface area (Å²) in [6.45, 7) is 6.18. The van der Waals surface area contributed by atoms with Crippen LogP contribution in [0.25, 0.3) is 0 Å². The summed E-state index contributed by atoms with van der Waals surface area (Å²) in [6.07, 6.45) is 1.91. The molecule has 1 aromatic carbocycles. The number of hydrogen-bond acceptors (Lipinski definition) is 5. The van der Waals surface area contributed by atoms with Crippen molar-refractivity contribution in [2.75, 3.05) is 26.2 Å². The highest BCUT2D eigenvalue weighted by Crippen LogP contribution is 2.24. The molecule has 1 aliphatic heterocycles. The van der Waals surface area contributed by atoms with Crippen molar-refractivity contribution in [3.8, 4) is 0 Å². The molecule has 0 aliphatic carbocycles. The molecule has 8 nitrogen and oxygen atoms in total. The molecule has 0 radical (unpaired) electrons. The minimum absolute atomic E-state index is 0.00168. The molecule has 0 atom stereocenters. The van der Waals surface area contributed by atoms with Crippen molar-refractivity contribution in [2.45, 2.75) is 37.1 Å². The maximum absolute atomic E-state index is 13.1. The van der Waals surface area contributed by atoms with Crippen molar-refractivity contribution in [2.24, 2.45) is 7.05 Å². The molecule has 28 heavy (non-hydrogen) atoms. The topological polar surface area (TPSA) is 92.6 Å². The van der Waals surface area contributed by atoms with Crippen LogP contribution in [0.3, 0.4) is 0 Å². The first-order chi connectivity index (χ1) is 13.0. The van der Waals surface area contributed by atoms with E-state index >= 15 is 0 Å². The lowest BCUT2D eigenvalue weighted by atomic mass is 10.2. The average Bonchev–Trinajstić information content (AvgIpc) is 2.82. The van der Waals surface area contributed by atoms with E-state index in [0.29, 0.717) is 17.8 Å². The zero-order valence-electron chi connectivity index (χ0n) is 16.6. The van der Waals surface area contributed by atoms with Crippen molar-refractivity contribution in [1.29, 1.82) is 0 Å². The van der Waals surface area contributed by atoms with Crippen molar-refractivity contribution < 1.29 is 16.8 Å². The summed E-state index contributed by atoms with van der Waals surface area (Å²) in [5, 5.41) is -0.00168. The molecule has 1 fully saturated rings. The largest absolute Gasteiger partial charge is 0.337 e. The van der Waals surface area contributed by atoms with Crippen LogP contribution in [-0.4, -0.2) is 61.2 Å². The van der Waals surface area contributed by atoms with Crippen LogP contribution in [0.4, 0.5) is 0 Å². The van der Waals surface area contributed by atoms with E-state index < -0.39 is 20.0 Å². The van der Waals surface area contributed by atoms with Crippen LogP contribution >= 0.6 is 0 Å². The van der Waals surface area contributed by atoms with E-state index in [4.69, 9.17) is 0 Å². The highest BCUT2D eigenvalue weighted by atomic mass is 32.2. The summed E-state index contributed by atoms with van der Waals surface area (Å²) >= 11 is 0. The molecule has 2 aromatic rings. The number of aromatic nitrogens is 2. The summed E-state index contributed by atoms with van der Waals surface area (Å²) < 4.78 is 56.3. The lowest BCUT2D eigenvalue weighted by Gasteiger charge is -2.22. The quantitative estimate of drug-likeness (QED) is 0.737. The minimum atomic E-state index is -3.75. The van der Waals surface area contributed by atoms with Crippen molar-refractivity contribution >= 4 is 20.0 Å². The molecular weight excluding hydrogens is 400 g/mol. The van der Waals surface area contributed by atoms with Crippen LogP contribution in [0.1, 0.15) is 23.4 Å². The number of benzene rings is 1. The van der Waals surface area contributed by atoms with Gasteiger partial charge < -0.3 is 4.57 Å². The fourth-order valence-electron chi connectivity index (χ4n) is 3.36. The molecule has 1 saturated heterocycles. The van der Waals surface area contributed by atoms with Gasteiger partial charge in [-0.3, -0.25) is 0 Å².